The number of benzene rings is 4. The topological polar surface area (TPSA) is 122 Å². The molecule has 2 aliphatic heterocycles. The highest BCUT2D eigenvalue weighted by Gasteiger charge is 2.39. The lowest BCUT2D eigenvalue weighted by atomic mass is 9.86. The van der Waals surface area contributed by atoms with Gasteiger partial charge in [-0.3, -0.25) is 0 Å². The summed E-state index contributed by atoms with van der Waals surface area (Å²) in [6.07, 6.45) is 7.01. The van der Waals surface area contributed by atoms with Crippen molar-refractivity contribution in [1.29, 1.82) is 0 Å². The van der Waals surface area contributed by atoms with Crippen molar-refractivity contribution in [1.82, 2.24) is 0 Å². The summed E-state index contributed by atoms with van der Waals surface area (Å²) in [7, 11) is 0. The standard InChI is InChI=1S/C20H21FN4O.C20H23FN2O/c21-15-10-11-18-14(12-15)9-8-13-4-1-2-6-17(13)25(18)19-7-3-5-16(20(19)26)23-24-22;21-15-10-11-18-14(12-15)9-8-13-4-1-2-6-17(13)23(18)19-7-3-5-16(22)20(19)24/h1-2,4,6,10-12,16,19-20,26H,3,5,7-9H2;1-2,4,6,10-12,16,19-20,24H,3,5,7-9,22H2/t;16-,19+,20+/m.0/s1. The van der Waals surface area contributed by atoms with Crippen LogP contribution in [0.4, 0.5) is 31.5 Å². The van der Waals surface area contributed by atoms with Gasteiger partial charge >= 0.3 is 0 Å². The lowest BCUT2D eigenvalue weighted by Gasteiger charge is -2.42. The fourth-order valence-corrected chi connectivity index (χ4v) is 8.49. The number of hydrogen-bond acceptors (Lipinski definition) is 6. The Morgan fingerprint density at radius 2 is 1.08 bits per heavy atom. The summed E-state index contributed by atoms with van der Waals surface area (Å²) in [5.41, 5.74) is 23.4. The van der Waals surface area contributed by atoms with E-state index in [2.05, 4.69) is 44.1 Å². The van der Waals surface area contributed by atoms with Gasteiger partial charge in [-0.05, 0) is 134 Å². The molecular weight excluding hydrogens is 634 g/mol. The van der Waals surface area contributed by atoms with Crippen LogP contribution in [0.25, 0.3) is 10.4 Å². The molecule has 0 saturated heterocycles. The molecule has 2 saturated carbocycles. The Bertz CT molecular complexity index is 1880. The molecule has 2 heterocycles. The molecule has 4 aromatic carbocycles. The predicted molar refractivity (Wildman–Crippen MR) is 193 cm³/mol. The average molecular weight is 679 g/mol. The monoisotopic (exact) mass is 678 g/mol. The molecule has 8 rings (SSSR count). The highest BCUT2D eigenvalue weighted by Crippen LogP contribution is 2.43. The highest BCUT2D eigenvalue weighted by molar-refractivity contribution is 5.73. The molecule has 0 aromatic heterocycles. The smallest absolute Gasteiger partial charge is 0.123 e. The van der Waals surface area contributed by atoms with Crippen molar-refractivity contribution in [2.75, 3.05) is 9.80 Å². The van der Waals surface area contributed by atoms with Crippen LogP contribution >= 0.6 is 0 Å². The zero-order valence-electron chi connectivity index (χ0n) is 28.1. The molecule has 10 heteroatoms. The number of nitrogens with zero attached hydrogens (tertiary/aromatic N) is 5. The zero-order chi connectivity index (χ0) is 34.8. The molecule has 0 amide bonds. The van der Waals surface area contributed by atoms with Crippen LogP contribution < -0.4 is 15.5 Å². The largest absolute Gasteiger partial charge is 0.391 e. The zero-order valence-corrected chi connectivity index (χ0v) is 28.1. The lowest BCUT2D eigenvalue weighted by molar-refractivity contribution is 0.0877. The Hall–Kier alpha value is -4.47. The van der Waals surface area contributed by atoms with E-state index in [1.54, 1.807) is 18.2 Å². The first kappa shape index (κ1) is 34.0. The molecule has 0 bridgehead atoms. The third-order valence-electron chi connectivity index (χ3n) is 11.0. The highest BCUT2D eigenvalue weighted by atomic mass is 19.1. The minimum Gasteiger partial charge on any atom is -0.391 e. The van der Waals surface area contributed by atoms with E-state index in [1.807, 2.05) is 30.3 Å². The number of fused-ring (bicyclic) bond motifs is 4. The van der Waals surface area contributed by atoms with Gasteiger partial charge in [0.25, 0.3) is 0 Å². The van der Waals surface area contributed by atoms with E-state index in [4.69, 9.17) is 11.3 Å². The van der Waals surface area contributed by atoms with Gasteiger partial charge in [-0.2, -0.15) is 0 Å². The number of aliphatic hydroxyl groups excluding tert-OH is 2. The van der Waals surface area contributed by atoms with E-state index in [-0.39, 0.29) is 29.8 Å². The first-order chi connectivity index (χ1) is 24.3. The summed E-state index contributed by atoms with van der Waals surface area (Å²) in [5.74, 6) is -0.452. The van der Waals surface area contributed by atoms with Crippen LogP contribution in [0.2, 0.25) is 0 Å². The Kier molecular flexibility index (Phi) is 10.1. The Morgan fingerprint density at radius 1 is 0.620 bits per heavy atom. The van der Waals surface area contributed by atoms with Crippen LogP contribution in [0.3, 0.4) is 0 Å². The Morgan fingerprint density at radius 3 is 1.62 bits per heavy atom. The van der Waals surface area contributed by atoms with Crippen LogP contribution in [-0.2, 0) is 25.7 Å². The van der Waals surface area contributed by atoms with Crippen molar-refractivity contribution < 1.29 is 19.0 Å². The molecule has 0 radical (unpaired) electrons. The molecule has 0 spiro atoms. The van der Waals surface area contributed by atoms with Gasteiger partial charge in [0.2, 0.25) is 0 Å². The first-order valence-electron chi connectivity index (χ1n) is 17.8. The minimum absolute atomic E-state index is 0.0720. The molecule has 3 unspecified atom stereocenters. The SMILES string of the molecule is N[C@H]1CCC[C@@H](N2c3ccccc3CCc3cc(F)ccc32)[C@@H]1O.[N-]=[N+]=NC1CCCC(N2c3ccccc3CCc3cc(F)ccc32)C1O. The van der Waals surface area contributed by atoms with Gasteiger partial charge in [-0.15, -0.1) is 0 Å². The number of aryl methyl sites for hydroxylation is 4. The number of para-hydroxylation sites is 2. The quantitative estimate of drug-likeness (QED) is 0.115. The normalized spacial score (nSPS) is 25.6. The van der Waals surface area contributed by atoms with Crippen LogP contribution in [-0.4, -0.2) is 46.6 Å². The fraction of sp³-hybridized carbons (Fsp3) is 0.400. The van der Waals surface area contributed by atoms with Crippen LogP contribution in [0.5, 0.6) is 0 Å². The Labute approximate surface area is 291 Å². The summed E-state index contributed by atoms with van der Waals surface area (Å²) in [6, 6.07) is 25.4. The molecule has 4 N–H and O–H groups in total. The molecule has 2 aliphatic carbocycles. The number of anilines is 4. The van der Waals surface area contributed by atoms with Gasteiger partial charge in [-0.25, -0.2) is 8.78 Å². The van der Waals surface area contributed by atoms with Gasteiger partial charge in [0.15, 0.2) is 0 Å². The Balaban J connectivity index is 0.000000157. The van der Waals surface area contributed by atoms with Crippen LogP contribution in [0, 0.1) is 11.6 Å². The van der Waals surface area contributed by atoms with Crippen molar-refractivity contribution in [2.45, 2.75) is 101 Å². The van der Waals surface area contributed by atoms with E-state index < -0.39 is 18.2 Å². The molecule has 260 valence electrons. The maximum atomic E-state index is 13.8. The second-order valence-electron chi connectivity index (χ2n) is 14.0. The van der Waals surface area contributed by atoms with E-state index in [9.17, 15) is 19.0 Å². The van der Waals surface area contributed by atoms with Crippen LogP contribution in [0.1, 0.15) is 60.8 Å². The first-order valence-corrected chi connectivity index (χ1v) is 17.8. The van der Waals surface area contributed by atoms with Crippen molar-refractivity contribution >= 4 is 22.7 Å². The third kappa shape index (κ3) is 6.68. The number of nitrogens with two attached hydrogens (primary N) is 1. The molecule has 8 nitrogen and oxygen atoms in total. The second-order valence-corrected chi connectivity index (χ2v) is 14.0. The summed E-state index contributed by atoms with van der Waals surface area (Å²) in [5, 5.41) is 25.5. The minimum atomic E-state index is -0.760. The predicted octanol–water partition coefficient (Wildman–Crippen LogP) is 7.96. The third-order valence-corrected chi connectivity index (χ3v) is 11.0. The molecule has 2 fully saturated rings. The number of azide groups is 1. The number of hydrogen-bond donors (Lipinski definition) is 3. The molecular formula is C40H44F2N6O2. The molecule has 50 heavy (non-hydrogen) atoms. The van der Waals surface area contributed by atoms with E-state index in [1.165, 1.54) is 23.3 Å². The maximum absolute atomic E-state index is 13.8. The number of aliphatic hydroxyl groups is 2. The van der Waals surface area contributed by atoms with Gasteiger partial charge in [0, 0.05) is 33.7 Å². The van der Waals surface area contributed by atoms with Crippen molar-refractivity contribution in [3.05, 3.63) is 129 Å². The van der Waals surface area contributed by atoms with E-state index in [0.717, 1.165) is 91.7 Å². The average Bonchev–Trinajstić information content (AvgIpc) is 3.38. The fourth-order valence-electron chi connectivity index (χ4n) is 8.49. The molecule has 6 atom stereocenters. The number of halogens is 2. The lowest BCUT2D eigenvalue weighted by Crippen LogP contribution is -2.53. The molecule has 4 aromatic rings. The van der Waals surface area contributed by atoms with Crippen molar-refractivity contribution in [3.63, 3.8) is 0 Å². The summed E-state index contributed by atoms with van der Waals surface area (Å²) < 4.78 is 27.6. The van der Waals surface area contributed by atoms with Gasteiger partial charge in [0.1, 0.15) is 11.6 Å². The summed E-state index contributed by atoms with van der Waals surface area (Å²) in [6.45, 7) is 0. The van der Waals surface area contributed by atoms with Gasteiger partial charge in [-0.1, -0.05) is 47.9 Å². The maximum Gasteiger partial charge on any atom is 0.123 e. The van der Waals surface area contributed by atoms with Gasteiger partial charge < -0.3 is 25.7 Å². The molecule has 4 aliphatic rings. The van der Waals surface area contributed by atoms with Crippen molar-refractivity contribution in [3.8, 4) is 0 Å². The summed E-state index contributed by atoms with van der Waals surface area (Å²) in [4.78, 5) is 7.25. The van der Waals surface area contributed by atoms with Crippen molar-refractivity contribution in [2.24, 2.45) is 10.8 Å². The van der Waals surface area contributed by atoms with Crippen LogP contribution in [0.15, 0.2) is 90.0 Å². The second kappa shape index (κ2) is 14.8. The summed E-state index contributed by atoms with van der Waals surface area (Å²) >= 11 is 0. The number of rotatable bonds is 3. The van der Waals surface area contributed by atoms with Gasteiger partial charge in [0.05, 0.1) is 30.3 Å². The van der Waals surface area contributed by atoms with E-state index in [0.29, 0.717) is 6.42 Å². The van der Waals surface area contributed by atoms with E-state index >= 15 is 0 Å².